The fraction of sp³-hybridized carbons (Fsp3) is 0. The van der Waals surface area contributed by atoms with Crippen LogP contribution in [0.2, 0.25) is 0 Å². The van der Waals surface area contributed by atoms with Gasteiger partial charge in [0, 0.05) is 21.1 Å². The first-order chi connectivity index (χ1) is 4.75. The molecule has 0 unspecified atom stereocenters. The first-order valence-corrected chi connectivity index (χ1v) is 3.47. The van der Waals surface area contributed by atoms with E-state index in [1.807, 2.05) is 0 Å². The van der Waals surface area contributed by atoms with Crippen LogP contribution in [0.4, 0.5) is 0 Å². The summed E-state index contributed by atoms with van der Waals surface area (Å²) in [5.74, 6) is -0.00231. The van der Waals surface area contributed by atoms with Crippen LogP contribution >= 0.6 is 15.9 Å². The number of phenols is 1. The van der Waals surface area contributed by atoms with Crippen molar-refractivity contribution in [1.29, 1.82) is 0 Å². The van der Waals surface area contributed by atoms with E-state index in [0.29, 0.717) is 16.3 Å². The van der Waals surface area contributed by atoms with Crippen LogP contribution in [0.5, 0.6) is 5.75 Å². The summed E-state index contributed by atoms with van der Waals surface area (Å²) in [7, 11) is 0. The molecule has 0 amide bonds. The minimum atomic E-state index is -0.00231. The van der Waals surface area contributed by atoms with Gasteiger partial charge in [0.2, 0.25) is 0 Å². The summed E-state index contributed by atoms with van der Waals surface area (Å²) in [6.45, 7) is 0. The van der Waals surface area contributed by atoms with Crippen molar-refractivity contribution in [3.05, 3.63) is 28.2 Å². The Morgan fingerprint density at radius 2 is 2.09 bits per heavy atom. The van der Waals surface area contributed by atoms with E-state index in [4.69, 9.17) is 5.11 Å². The van der Waals surface area contributed by atoms with Crippen LogP contribution in [0.15, 0.2) is 22.7 Å². The maximum atomic E-state index is 10.2. The van der Waals surface area contributed by atoms with Gasteiger partial charge in [-0.25, -0.2) is 0 Å². The minimum absolute atomic E-state index is 0. The number of hydrogen-bond donors (Lipinski definition) is 1. The maximum Gasteiger partial charge on any atom is 0.153 e. The Hall–Kier alpha value is -0.142. The number of carbonyl (C=O) groups is 1. The molecule has 0 bridgehead atoms. The van der Waals surface area contributed by atoms with E-state index in [-0.39, 0.29) is 26.8 Å². The second kappa shape index (κ2) is 4.68. The van der Waals surface area contributed by atoms with Crippen molar-refractivity contribution in [3.8, 4) is 5.75 Å². The first-order valence-electron chi connectivity index (χ1n) is 2.68. The zero-order chi connectivity index (χ0) is 7.56. The van der Waals surface area contributed by atoms with Crippen molar-refractivity contribution in [3.63, 3.8) is 0 Å². The maximum absolute atomic E-state index is 10.2. The minimum Gasteiger partial charge on any atom is -0.506 e. The summed E-state index contributed by atoms with van der Waals surface area (Å²) in [6.07, 6.45) is 0.611. The van der Waals surface area contributed by atoms with Gasteiger partial charge in [-0.2, -0.15) is 0 Å². The number of benzene rings is 1. The molecule has 0 atom stereocenters. The molecule has 0 saturated heterocycles. The predicted octanol–water partition coefficient (Wildman–Crippen LogP) is 1.96. The number of carbonyl (C=O) groups excluding carboxylic acids is 1. The molecule has 1 aromatic rings. The standard InChI is InChI=1S/C7H5BrO2.Pt/c8-6-3-1-2-5(4-9)7(6)10;/h1-4,10H;. The molecule has 0 aliphatic carbocycles. The Kier molecular flexibility index (Phi) is 4.62. The van der Waals surface area contributed by atoms with Crippen LogP contribution in [0.3, 0.4) is 0 Å². The molecule has 0 spiro atoms. The zero-order valence-corrected chi connectivity index (χ0v) is 9.22. The third-order valence-electron chi connectivity index (χ3n) is 1.14. The number of aldehydes is 1. The molecular formula is C7H5BrO2Pt. The second-order valence-electron chi connectivity index (χ2n) is 1.80. The Balaban J connectivity index is 0.000001000. The molecule has 1 N–H and O–H groups in total. The van der Waals surface area contributed by atoms with Gasteiger partial charge in [-0.05, 0) is 28.1 Å². The van der Waals surface area contributed by atoms with E-state index >= 15 is 0 Å². The van der Waals surface area contributed by atoms with Crippen molar-refractivity contribution >= 4 is 22.2 Å². The average Bonchev–Trinajstić information content (AvgIpc) is 1.95. The molecule has 0 radical (unpaired) electrons. The normalized spacial score (nSPS) is 8.45. The van der Waals surface area contributed by atoms with E-state index in [0.717, 1.165) is 0 Å². The Labute approximate surface area is 87.0 Å². The van der Waals surface area contributed by atoms with E-state index in [1.165, 1.54) is 0 Å². The monoisotopic (exact) mass is 395 g/mol. The van der Waals surface area contributed by atoms with E-state index in [2.05, 4.69) is 15.9 Å². The van der Waals surface area contributed by atoms with Gasteiger partial charge in [0.25, 0.3) is 0 Å². The SMILES string of the molecule is O=Cc1cccc(Br)c1O.[Pt]. The molecule has 0 saturated carbocycles. The number of aromatic hydroxyl groups is 1. The smallest absolute Gasteiger partial charge is 0.153 e. The van der Waals surface area contributed by atoms with E-state index in [9.17, 15) is 4.79 Å². The third-order valence-corrected chi connectivity index (χ3v) is 1.78. The molecule has 0 fully saturated rings. The van der Waals surface area contributed by atoms with Crippen molar-refractivity contribution in [2.45, 2.75) is 0 Å². The molecule has 4 heteroatoms. The van der Waals surface area contributed by atoms with Crippen molar-refractivity contribution in [2.24, 2.45) is 0 Å². The number of para-hydroxylation sites is 1. The van der Waals surface area contributed by atoms with E-state index in [1.54, 1.807) is 18.2 Å². The molecule has 1 aromatic carbocycles. The van der Waals surface area contributed by atoms with Crippen LogP contribution < -0.4 is 0 Å². The largest absolute Gasteiger partial charge is 0.506 e. The van der Waals surface area contributed by atoms with Gasteiger partial charge in [-0.1, -0.05) is 6.07 Å². The van der Waals surface area contributed by atoms with Crippen molar-refractivity contribution in [1.82, 2.24) is 0 Å². The molecular weight excluding hydrogens is 391 g/mol. The molecule has 0 aromatic heterocycles. The van der Waals surface area contributed by atoms with Gasteiger partial charge < -0.3 is 5.11 Å². The van der Waals surface area contributed by atoms with Gasteiger partial charge in [-0.3, -0.25) is 4.79 Å². The third kappa shape index (κ3) is 2.42. The topological polar surface area (TPSA) is 37.3 Å². The first kappa shape index (κ1) is 10.9. The van der Waals surface area contributed by atoms with Gasteiger partial charge in [0.1, 0.15) is 5.75 Å². The number of phenolic OH excluding ortho intramolecular Hbond substituents is 1. The Bertz CT molecular complexity index is 263. The fourth-order valence-corrected chi connectivity index (χ4v) is 1.01. The average molecular weight is 396 g/mol. The fourth-order valence-electron chi connectivity index (χ4n) is 0.627. The second-order valence-corrected chi connectivity index (χ2v) is 2.65. The van der Waals surface area contributed by atoms with Gasteiger partial charge in [0.15, 0.2) is 6.29 Å². The number of halogens is 1. The Morgan fingerprint density at radius 1 is 1.45 bits per heavy atom. The number of hydrogen-bond acceptors (Lipinski definition) is 2. The molecule has 0 aliphatic heterocycles. The van der Waals surface area contributed by atoms with Crippen LogP contribution in [0.1, 0.15) is 10.4 Å². The van der Waals surface area contributed by atoms with E-state index < -0.39 is 0 Å². The zero-order valence-electron chi connectivity index (χ0n) is 5.36. The van der Waals surface area contributed by atoms with Crippen LogP contribution in [-0.2, 0) is 21.1 Å². The Morgan fingerprint density at radius 3 is 2.55 bits per heavy atom. The molecule has 0 aliphatic rings. The molecule has 62 valence electrons. The van der Waals surface area contributed by atoms with Gasteiger partial charge in [-0.15, -0.1) is 0 Å². The summed E-state index contributed by atoms with van der Waals surface area (Å²) < 4.78 is 0.539. The molecule has 1 rings (SSSR count). The number of rotatable bonds is 1. The van der Waals surface area contributed by atoms with Gasteiger partial charge in [0.05, 0.1) is 10.0 Å². The van der Waals surface area contributed by atoms with Crippen LogP contribution in [0.25, 0.3) is 0 Å². The molecule has 2 nitrogen and oxygen atoms in total. The van der Waals surface area contributed by atoms with Gasteiger partial charge >= 0.3 is 0 Å². The summed E-state index contributed by atoms with van der Waals surface area (Å²) in [6, 6.07) is 4.91. The van der Waals surface area contributed by atoms with Crippen molar-refractivity contribution in [2.75, 3.05) is 0 Å². The quantitative estimate of drug-likeness (QED) is 0.738. The van der Waals surface area contributed by atoms with Crippen LogP contribution in [0, 0.1) is 0 Å². The summed E-state index contributed by atoms with van der Waals surface area (Å²) >= 11 is 3.08. The molecule has 0 heterocycles. The summed E-state index contributed by atoms with van der Waals surface area (Å²) in [5.41, 5.74) is 0.300. The summed E-state index contributed by atoms with van der Waals surface area (Å²) in [4.78, 5) is 10.2. The predicted molar refractivity (Wildman–Crippen MR) is 41.2 cm³/mol. The summed E-state index contributed by atoms with van der Waals surface area (Å²) in [5, 5.41) is 9.12. The molecule has 11 heavy (non-hydrogen) atoms. The van der Waals surface area contributed by atoms with Crippen molar-refractivity contribution < 1.29 is 31.0 Å². The van der Waals surface area contributed by atoms with Crippen LogP contribution in [-0.4, -0.2) is 11.4 Å².